The van der Waals surface area contributed by atoms with Crippen molar-refractivity contribution in [1.82, 2.24) is 4.98 Å². The lowest BCUT2D eigenvalue weighted by molar-refractivity contribution is -0.141. The van der Waals surface area contributed by atoms with Gasteiger partial charge in [-0.25, -0.2) is 4.98 Å². The van der Waals surface area contributed by atoms with Crippen LogP contribution in [0.15, 0.2) is 16.6 Å². The zero-order valence-corrected chi connectivity index (χ0v) is 11.4. The molecule has 0 fully saturated rings. The maximum atomic E-state index is 12.4. The molecule has 1 amide bonds. The van der Waals surface area contributed by atoms with Gasteiger partial charge in [-0.1, -0.05) is 22.6 Å². The summed E-state index contributed by atoms with van der Waals surface area (Å²) in [6.07, 6.45) is -4.55. The first-order chi connectivity index (χ1) is 7.34. The molecule has 0 spiro atoms. The summed E-state index contributed by atoms with van der Waals surface area (Å²) in [5, 5.41) is 2.25. The normalized spacial score (nSPS) is 11.3. The average molecular weight is 409 g/mol. The summed E-state index contributed by atoms with van der Waals surface area (Å²) in [5.41, 5.74) is -1.06. The third-order valence-corrected chi connectivity index (χ3v) is 2.84. The maximum absolute atomic E-state index is 12.4. The van der Waals surface area contributed by atoms with E-state index in [0.717, 1.165) is 0 Å². The topological polar surface area (TPSA) is 42.0 Å². The highest BCUT2D eigenvalue weighted by atomic mass is 127. The smallest absolute Gasteiger partial charge is 0.310 e. The van der Waals surface area contributed by atoms with Gasteiger partial charge in [0.2, 0.25) is 5.91 Å². The Hall–Kier alpha value is -0.380. The van der Waals surface area contributed by atoms with Crippen molar-refractivity contribution in [1.29, 1.82) is 0 Å². The van der Waals surface area contributed by atoms with Crippen molar-refractivity contribution in [3.63, 3.8) is 0 Å². The molecule has 0 bridgehead atoms. The number of pyridine rings is 1. The SMILES string of the molecule is O=C(CI)Nc1ccc(Br)c(C(F)(F)F)n1. The van der Waals surface area contributed by atoms with E-state index in [1.165, 1.54) is 12.1 Å². The molecule has 1 N–H and O–H groups in total. The van der Waals surface area contributed by atoms with E-state index in [-0.39, 0.29) is 14.7 Å². The quantitative estimate of drug-likeness (QED) is 0.603. The molecular weight excluding hydrogens is 404 g/mol. The van der Waals surface area contributed by atoms with E-state index < -0.39 is 17.8 Å². The molecule has 16 heavy (non-hydrogen) atoms. The lowest BCUT2D eigenvalue weighted by atomic mass is 10.3. The molecule has 0 saturated carbocycles. The standard InChI is InChI=1S/C8H5BrF3IN2O/c9-4-1-2-5(14-6(16)3-13)15-7(4)8(10,11)12/h1-2H,3H2,(H,14,15,16). The van der Waals surface area contributed by atoms with Gasteiger partial charge in [-0.05, 0) is 28.1 Å². The monoisotopic (exact) mass is 408 g/mol. The Morgan fingerprint density at radius 2 is 2.12 bits per heavy atom. The molecule has 0 radical (unpaired) electrons. The number of alkyl halides is 4. The van der Waals surface area contributed by atoms with Crippen LogP contribution in [-0.4, -0.2) is 15.3 Å². The Balaban J connectivity index is 3.03. The molecule has 0 aromatic carbocycles. The van der Waals surface area contributed by atoms with E-state index in [2.05, 4.69) is 26.2 Å². The lowest BCUT2D eigenvalue weighted by Crippen LogP contribution is -2.16. The van der Waals surface area contributed by atoms with Crippen molar-refractivity contribution >= 4 is 50.2 Å². The van der Waals surface area contributed by atoms with Crippen LogP contribution in [0.4, 0.5) is 19.0 Å². The molecule has 3 nitrogen and oxygen atoms in total. The van der Waals surface area contributed by atoms with E-state index in [1.807, 2.05) is 0 Å². The van der Waals surface area contributed by atoms with Gasteiger partial charge in [0, 0.05) is 4.47 Å². The molecule has 1 aromatic heterocycles. The zero-order valence-electron chi connectivity index (χ0n) is 7.61. The first-order valence-electron chi connectivity index (χ1n) is 3.94. The second-order valence-electron chi connectivity index (χ2n) is 2.71. The van der Waals surface area contributed by atoms with E-state index >= 15 is 0 Å². The summed E-state index contributed by atoms with van der Waals surface area (Å²) < 4.78 is 37.3. The number of hydrogen-bond acceptors (Lipinski definition) is 2. The summed E-state index contributed by atoms with van der Waals surface area (Å²) in [5.74, 6) is -0.513. The van der Waals surface area contributed by atoms with Crippen molar-refractivity contribution in [3.05, 3.63) is 22.3 Å². The van der Waals surface area contributed by atoms with Crippen LogP contribution in [0.2, 0.25) is 0 Å². The highest BCUT2D eigenvalue weighted by molar-refractivity contribution is 14.1. The number of carbonyl (C=O) groups excluding carboxylic acids is 1. The molecular formula is C8H5BrF3IN2O. The number of aromatic nitrogens is 1. The summed E-state index contributed by atoms with van der Waals surface area (Å²) >= 11 is 4.55. The zero-order chi connectivity index (χ0) is 12.3. The second kappa shape index (κ2) is 5.30. The van der Waals surface area contributed by atoms with Gasteiger partial charge in [0.25, 0.3) is 0 Å². The Labute approximate surface area is 111 Å². The van der Waals surface area contributed by atoms with Crippen LogP contribution in [0.1, 0.15) is 5.69 Å². The van der Waals surface area contributed by atoms with E-state index in [1.54, 1.807) is 22.6 Å². The molecule has 1 rings (SSSR count). The van der Waals surface area contributed by atoms with Crippen molar-refractivity contribution in [2.75, 3.05) is 9.74 Å². The number of nitrogens with zero attached hydrogens (tertiary/aromatic N) is 1. The molecule has 0 atom stereocenters. The van der Waals surface area contributed by atoms with Crippen molar-refractivity contribution in [2.24, 2.45) is 0 Å². The van der Waals surface area contributed by atoms with Crippen LogP contribution in [0, 0.1) is 0 Å². The minimum atomic E-state index is -4.55. The number of amides is 1. The molecule has 1 heterocycles. The van der Waals surface area contributed by atoms with Gasteiger partial charge < -0.3 is 5.32 Å². The predicted octanol–water partition coefficient (Wildman–Crippen LogP) is 3.24. The van der Waals surface area contributed by atoms with E-state index in [0.29, 0.717) is 0 Å². The third kappa shape index (κ3) is 3.58. The molecule has 88 valence electrons. The second-order valence-corrected chi connectivity index (χ2v) is 4.32. The predicted molar refractivity (Wildman–Crippen MR) is 64.5 cm³/mol. The molecule has 0 unspecified atom stereocenters. The van der Waals surface area contributed by atoms with Gasteiger partial charge in [-0.15, -0.1) is 0 Å². The van der Waals surface area contributed by atoms with Gasteiger partial charge >= 0.3 is 6.18 Å². The number of halogens is 5. The largest absolute Gasteiger partial charge is 0.434 e. The fraction of sp³-hybridized carbons (Fsp3) is 0.250. The molecule has 1 aromatic rings. The van der Waals surface area contributed by atoms with Gasteiger partial charge in [-0.3, -0.25) is 4.79 Å². The molecule has 0 saturated heterocycles. The van der Waals surface area contributed by atoms with Gasteiger partial charge in [0.05, 0.1) is 4.43 Å². The summed E-state index contributed by atoms with van der Waals surface area (Å²) in [7, 11) is 0. The van der Waals surface area contributed by atoms with E-state index in [9.17, 15) is 18.0 Å². The Morgan fingerprint density at radius 1 is 1.50 bits per heavy atom. The fourth-order valence-electron chi connectivity index (χ4n) is 0.887. The van der Waals surface area contributed by atoms with Crippen LogP contribution in [-0.2, 0) is 11.0 Å². The van der Waals surface area contributed by atoms with Gasteiger partial charge in [0.15, 0.2) is 5.69 Å². The Kier molecular flexibility index (Phi) is 4.53. The third-order valence-electron chi connectivity index (χ3n) is 1.50. The van der Waals surface area contributed by atoms with Gasteiger partial charge in [0.1, 0.15) is 5.82 Å². The minimum Gasteiger partial charge on any atom is -0.310 e. The van der Waals surface area contributed by atoms with Crippen LogP contribution in [0.25, 0.3) is 0 Å². The van der Waals surface area contributed by atoms with Crippen LogP contribution < -0.4 is 5.32 Å². The van der Waals surface area contributed by atoms with Crippen LogP contribution in [0.3, 0.4) is 0 Å². The van der Waals surface area contributed by atoms with Crippen molar-refractivity contribution in [3.8, 4) is 0 Å². The first kappa shape index (κ1) is 13.7. The number of hydrogen-bond donors (Lipinski definition) is 1. The maximum Gasteiger partial charge on any atom is 0.434 e. The van der Waals surface area contributed by atoms with Crippen molar-refractivity contribution < 1.29 is 18.0 Å². The molecule has 0 aliphatic heterocycles. The molecule has 8 heteroatoms. The van der Waals surface area contributed by atoms with Gasteiger partial charge in [-0.2, -0.15) is 13.2 Å². The summed E-state index contributed by atoms with van der Waals surface area (Å²) in [6.45, 7) is 0. The summed E-state index contributed by atoms with van der Waals surface area (Å²) in [4.78, 5) is 14.3. The molecule has 0 aliphatic rings. The molecule has 0 aliphatic carbocycles. The minimum absolute atomic E-state index is 0.114. The number of anilines is 1. The summed E-state index contributed by atoms with van der Waals surface area (Å²) in [6, 6.07) is 2.49. The number of carbonyl (C=O) groups is 1. The number of rotatable bonds is 2. The average Bonchev–Trinajstić information content (AvgIpc) is 2.19. The fourth-order valence-corrected chi connectivity index (χ4v) is 1.52. The van der Waals surface area contributed by atoms with Crippen LogP contribution in [0.5, 0.6) is 0 Å². The van der Waals surface area contributed by atoms with Crippen molar-refractivity contribution in [2.45, 2.75) is 6.18 Å². The van der Waals surface area contributed by atoms with E-state index in [4.69, 9.17) is 0 Å². The van der Waals surface area contributed by atoms with Crippen LogP contribution >= 0.6 is 38.5 Å². The first-order valence-corrected chi connectivity index (χ1v) is 6.26. The Bertz CT molecular complexity index is 411. The Morgan fingerprint density at radius 3 is 2.62 bits per heavy atom. The highest BCUT2D eigenvalue weighted by Crippen LogP contribution is 2.33. The lowest BCUT2D eigenvalue weighted by Gasteiger charge is -2.10. The number of nitrogens with one attached hydrogen (secondary N) is 1. The highest BCUT2D eigenvalue weighted by Gasteiger charge is 2.35.